The molecule has 0 saturated heterocycles. The van der Waals surface area contributed by atoms with Crippen LogP contribution in [0, 0.1) is 0 Å². The zero-order chi connectivity index (χ0) is 18.4. The van der Waals surface area contributed by atoms with E-state index >= 15 is 0 Å². The number of hydrogen-bond acceptors (Lipinski definition) is 6. The number of anilines is 2. The third-order valence-corrected chi connectivity index (χ3v) is 3.93. The molecule has 1 atom stereocenters. The maximum absolute atomic E-state index is 12.3. The fraction of sp³-hybridized carbons (Fsp3) is 0.222. The largest absolute Gasteiger partial charge is 0.382 e. The number of carbonyl (C=O) groups excluding carboxylic acids is 1. The highest BCUT2D eigenvalue weighted by Gasteiger charge is 2.16. The summed E-state index contributed by atoms with van der Waals surface area (Å²) in [6.07, 6.45) is 7.11. The first-order chi connectivity index (χ1) is 12.7. The minimum atomic E-state index is -0.414. The lowest BCUT2D eigenvalue weighted by molar-refractivity contribution is 0.102. The van der Waals surface area contributed by atoms with Crippen LogP contribution in [-0.2, 0) is 6.42 Å². The van der Waals surface area contributed by atoms with Crippen LogP contribution in [0.4, 0.5) is 11.5 Å². The molecule has 0 aliphatic rings. The van der Waals surface area contributed by atoms with Crippen LogP contribution in [0.25, 0.3) is 0 Å². The van der Waals surface area contributed by atoms with Crippen molar-refractivity contribution in [2.75, 3.05) is 24.6 Å². The van der Waals surface area contributed by atoms with Gasteiger partial charge in [0.1, 0.15) is 0 Å². The molecule has 1 unspecified atom stereocenters. The van der Waals surface area contributed by atoms with E-state index < -0.39 is 5.91 Å². The van der Waals surface area contributed by atoms with Crippen LogP contribution >= 0.6 is 0 Å². The predicted molar refractivity (Wildman–Crippen MR) is 99.7 cm³/mol. The van der Waals surface area contributed by atoms with Crippen molar-refractivity contribution in [3.05, 3.63) is 66.4 Å². The van der Waals surface area contributed by atoms with Gasteiger partial charge in [-0.3, -0.25) is 9.48 Å². The number of benzene rings is 1. The molecule has 134 valence electrons. The molecule has 3 rings (SSSR count). The molecular weight excluding hydrogens is 330 g/mol. The molecule has 3 aromatic rings. The van der Waals surface area contributed by atoms with E-state index in [1.807, 2.05) is 29.9 Å². The lowest BCUT2D eigenvalue weighted by atomic mass is 10.1. The van der Waals surface area contributed by atoms with Crippen LogP contribution < -0.4 is 16.4 Å². The fourth-order valence-corrected chi connectivity index (χ4v) is 2.70. The lowest BCUT2D eigenvalue weighted by Crippen LogP contribution is -2.24. The van der Waals surface area contributed by atoms with Crippen LogP contribution in [0.1, 0.15) is 22.1 Å². The molecule has 0 saturated carbocycles. The molecule has 0 bridgehead atoms. The molecule has 0 fully saturated rings. The number of carbonyl (C=O) groups is 1. The molecule has 8 nitrogen and oxygen atoms in total. The predicted octanol–water partition coefficient (Wildman–Crippen LogP) is 1.51. The summed E-state index contributed by atoms with van der Waals surface area (Å²) in [4.78, 5) is 20.1. The third kappa shape index (κ3) is 4.22. The van der Waals surface area contributed by atoms with Crippen LogP contribution in [0.3, 0.4) is 0 Å². The minimum Gasteiger partial charge on any atom is -0.382 e. The van der Waals surface area contributed by atoms with Gasteiger partial charge in [0.2, 0.25) is 0 Å². The Morgan fingerprint density at radius 3 is 2.73 bits per heavy atom. The van der Waals surface area contributed by atoms with Gasteiger partial charge in [0.15, 0.2) is 11.5 Å². The molecule has 0 aliphatic carbocycles. The molecular formula is C18H21N7O. The number of rotatable bonds is 7. The summed E-state index contributed by atoms with van der Waals surface area (Å²) in [5.74, 6) is -0.321. The number of nitrogens with two attached hydrogens (primary N) is 1. The average molecular weight is 351 g/mol. The van der Waals surface area contributed by atoms with Crippen molar-refractivity contribution in [3.8, 4) is 0 Å². The Kier molecular flexibility index (Phi) is 5.55. The highest BCUT2D eigenvalue weighted by molar-refractivity contribution is 6.05. The van der Waals surface area contributed by atoms with Crippen LogP contribution in [0.5, 0.6) is 0 Å². The summed E-state index contributed by atoms with van der Waals surface area (Å²) >= 11 is 0. The summed E-state index contributed by atoms with van der Waals surface area (Å²) < 4.78 is 1.85. The van der Waals surface area contributed by atoms with E-state index in [-0.39, 0.29) is 17.6 Å². The van der Waals surface area contributed by atoms with E-state index in [1.165, 1.54) is 18.0 Å². The Morgan fingerprint density at radius 1 is 1.23 bits per heavy atom. The molecule has 4 N–H and O–H groups in total. The van der Waals surface area contributed by atoms with Crippen molar-refractivity contribution >= 4 is 17.4 Å². The first-order valence-corrected chi connectivity index (χ1v) is 8.28. The maximum Gasteiger partial charge on any atom is 0.278 e. The van der Waals surface area contributed by atoms with Gasteiger partial charge in [-0.25, -0.2) is 9.97 Å². The first-order valence-electron chi connectivity index (χ1n) is 8.28. The monoisotopic (exact) mass is 351 g/mol. The summed E-state index contributed by atoms with van der Waals surface area (Å²) in [7, 11) is 1.90. The van der Waals surface area contributed by atoms with Gasteiger partial charge < -0.3 is 16.4 Å². The maximum atomic E-state index is 12.3. The Balaban J connectivity index is 1.72. The normalized spacial score (nSPS) is 11.9. The minimum absolute atomic E-state index is 0.0922. The molecule has 1 aromatic carbocycles. The second-order valence-electron chi connectivity index (χ2n) is 5.85. The van der Waals surface area contributed by atoms with Crippen molar-refractivity contribution in [1.82, 2.24) is 25.1 Å². The van der Waals surface area contributed by atoms with E-state index in [4.69, 9.17) is 5.73 Å². The Hall–Kier alpha value is -3.26. The molecule has 0 aliphatic heterocycles. The molecule has 0 spiro atoms. The standard InChI is InChI=1S/C18H21N7O/c1-20-11-15(9-13-5-3-2-4-6-13)25-12-14(10-23-25)24-18(26)16-17(19)22-8-7-21-16/h2-8,10,12,15,20H,9,11H2,1H3,(H2,19,22)(H,24,26). The van der Waals surface area contributed by atoms with Crippen molar-refractivity contribution in [2.45, 2.75) is 12.5 Å². The van der Waals surface area contributed by atoms with Crippen LogP contribution in [0.2, 0.25) is 0 Å². The number of aromatic nitrogens is 4. The SMILES string of the molecule is CNCC(Cc1ccccc1)n1cc(NC(=O)c2nccnc2N)cn1. The van der Waals surface area contributed by atoms with Gasteiger partial charge in [0.05, 0.1) is 17.9 Å². The first kappa shape index (κ1) is 17.6. The van der Waals surface area contributed by atoms with Gasteiger partial charge in [-0.2, -0.15) is 5.10 Å². The van der Waals surface area contributed by atoms with Gasteiger partial charge in [-0.05, 0) is 19.0 Å². The van der Waals surface area contributed by atoms with Crippen LogP contribution in [-0.4, -0.2) is 39.2 Å². The third-order valence-electron chi connectivity index (χ3n) is 3.93. The van der Waals surface area contributed by atoms with E-state index in [1.54, 1.807) is 12.4 Å². The lowest BCUT2D eigenvalue weighted by Gasteiger charge is -2.17. The molecule has 8 heteroatoms. The second kappa shape index (κ2) is 8.21. The van der Waals surface area contributed by atoms with Gasteiger partial charge in [0, 0.05) is 25.1 Å². The van der Waals surface area contributed by atoms with Crippen molar-refractivity contribution in [2.24, 2.45) is 0 Å². The van der Waals surface area contributed by atoms with Gasteiger partial charge in [-0.15, -0.1) is 0 Å². The number of likely N-dealkylation sites (N-methyl/N-ethyl adjacent to an activating group) is 1. The van der Waals surface area contributed by atoms with Crippen molar-refractivity contribution in [3.63, 3.8) is 0 Å². The zero-order valence-corrected chi connectivity index (χ0v) is 14.5. The van der Waals surface area contributed by atoms with Crippen molar-refractivity contribution in [1.29, 1.82) is 0 Å². The smallest absolute Gasteiger partial charge is 0.278 e. The Bertz CT molecular complexity index is 863. The molecule has 2 aromatic heterocycles. The fourth-order valence-electron chi connectivity index (χ4n) is 2.70. The number of amides is 1. The summed E-state index contributed by atoms with van der Waals surface area (Å²) in [6.45, 7) is 0.751. The number of nitrogens with zero attached hydrogens (tertiary/aromatic N) is 4. The van der Waals surface area contributed by atoms with Crippen LogP contribution in [0.15, 0.2) is 55.1 Å². The highest BCUT2D eigenvalue weighted by atomic mass is 16.1. The molecule has 0 radical (unpaired) electrons. The van der Waals surface area contributed by atoms with E-state index in [9.17, 15) is 4.79 Å². The van der Waals surface area contributed by atoms with Gasteiger partial charge >= 0.3 is 0 Å². The van der Waals surface area contributed by atoms with E-state index in [0.29, 0.717) is 5.69 Å². The summed E-state index contributed by atoms with van der Waals surface area (Å²) in [6, 6.07) is 10.3. The number of nitrogen functional groups attached to an aromatic ring is 1. The number of nitrogens with one attached hydrogen (secondary N) is 2. The molecule has 2 heterocycles. The summed E-state index contributed by atoms with van der Waals surface area (Å²) in [5.41, 5.74) is 7.59. The van der Waals surface area contributed by atoms with E-state index in [2.05, 4.69) is 37.8 Å². The van der Waals surface area contributed by atoms with Gasteiger partial charge in [0.25, 0.3) is 5.91 Å². The topological polar surface area (TPSA) is 111 Å². The quantitative estimate of drug-likeness (QED) is 0.595. The van der Waals surface area contributed by atoms with Crippen molar-refractivity contribution < 1.29 is 4.79 Å². The zero-order valence-electron chi connectivity index (χ0n) is 14.5. The molecule has 26 heavy (non-hydrogen) atoms. The number of hydrogen-bond donors (Lipinski definition) is 3. The molecule has 1 amide bonds. The highest BCUT2D eigenvalue weighted by Crippen LogP contribution is 2.17. The Labute approximate surface area is 151 Å². The second-order valence-corrected chi connectivity index (χ2v) is 5.85. The Morgan fingerprint density at radius 2 is 2.00 bits per heavy atom. The van der Waals surface area contributed by atoms with E-state index in [0.717, 1.165) is 13.0 Å². The van der Waals surface area contributed by atoms with Gasteiger partial charge in [-0.1, -0.05) is 30.3 Å². The average Bonchev–Trinajstić information content (AvgIpc) is 3.11. The summed E-state index contributed by atoms with van der Waals surface area (Å²) in [5, 5.41) is 10.3.